The van der Waals surface area contributed by atoms with Gasteiger partial charge >= 0.3 is 0 Å². The number of benzene rings is 1. The van der Waals surface area contributed by atoms with Crippen molar-refractivity contribution in [1.29, 1.82) is 0 Å². The maximum atomic E-state index is 5.71. The molecular weight excluding hydrogens is 224 g/mol. The van der Waals surface area contributed by atoms with Crippen LogP contribution in [0.25, 0.3) is 11.0 Å². The second-order valence-corrected chi connectivity index (χ2v) is 5.55. The van der Waals surface area contributed by atoms with Crippen LogP contribution in [0.15, 0.2) is 34.9 Å². The molecular formula is C15H22N2O. The fraction of sp³-hybridized carbons (Fsp3) is 0.467. The summed E-state index contributed by atoms with van der Waals surface area (Å²) in [4.78, 5) is 0. The Hall–Kier alpha value is -1.32. The number of furan rings is 1. The van der Waals surface area contributed by atoms with E-state index in [-0.39, 0.29) is 5.41 Å². The molecule has 0 amide bonds. The fourth-order valence-corrected chi connectivity index (χ4v) is 1.92. The van der Waals surface area contributed by atoms with Crippen molar-refractivity contribution in [3.05, 3.63) is 36.1 Å². The first kappa shape index (κ1) is 13.1. The molecule has 0 atom stereocenters. The minimum Gasteiger partial charge on any atom is -0.464 e. The largest absolute Gasteiger partial charge is 0.464 e. The molecule has 2 aromatic rings. The molecule has 0 spiro atoms. The van der Waals surface area contributed by atoms with Gasteiger partial charge in [0.25, 0.3) is 0 Å². The lowest BCUT2D eigenvalue weighted by molar-refractivity contribution is 0.339. The number of nitrogens with two attached hydrogens (primary N) is 1. The van der Waals surface area contributed by atoms with Crippen LogP contribution in [0.4, 0.5) is 0 Å². The Labute approximate surface area is 108 Å². The standard InChI is InChI=1S/C15H22N2O/c1-15(2,11-16)7-8-17-9-12-10-18-14-6-4-3-5-13(12)14/h3-6,10,17H,7-9,11,16H2,1-2H3. The zero-order valence-electron chi connectivity index (χ0n) is 11.2. The lowest BCUT2D eigenvalue weighted by atomic mass is 9.90. The first-order valence-electron chi connectivity index (χ1n) is 6.48. The van der Waals surface area contributed by atoms with Crippen LogP contribution in [0.3, 0.4) is 0 Å². The summed E-state index contributed by atoms with van der Waals surface area (Å²) in [6, 6.07) is 8.13. The summed E-state index contributed by atoms with van der Waals surface area (Å²) in [5.74, 6) is 0. The van der Waals surface area contributed by atoms with E-state index in [4.69, 9.17) is 10.2 Å². The molecule has 0 unspecified atom stereocenters. The molecule has 98 valence electrons. The first-order valence-corrected chi connectivity index (χ1v) is 6.48. The van der Waals surface area contributed by atoms with E-state index < -0.39 is 0 Å². The molecule has 3 heteroatoms. The van der Waals surface area contributed by atoms with Crippen molar-refractivity contribution >= 4 is 11.0 Å². The Kier molecular flexibility index (Phi) is 4.04. The molecule has 1 aromatic heterocycles. The number of hydrogen-bond donors (Lipinski definition) is 2. The van der Waals surface area contributed by atoms with Crippen molar-refractivity contribution in [2.75, 3.05) is 13.1 Å². The van der Waals surface area contributed by atoms with E-state index in [1.165, 1.54) is 10.9 Å². The number of hydrogen-bond acceptors (Lipinski definition) is 3. The Morgan fingerprint density at radius 1 is 1.28 bits per heavy atom. The highest BCUT2D eigenvalue weighted by atomic mass is 16.3. The summed E-state index contributed by atoms with van der Waals surface area (Å²) in [5, 5.41) is 4.65. The molecule has 2 rings (SSSR count). The van der Waals surface area contributed by atoms with Crippen LogP contribution < -0.4 is 11.1 Å². The molecule has 1 aromatic carbocycles. The van der Waals surface area contributed by atoms with Gasteiger partial charge in [-0.1, -0.05) is 32.0 Å². The van der Waals surface area contributed by atoms with Gasteiger partial charge in [-0.05, 0) is 31.0 Å². The fourth-order valence-electron chi connectivity index (χ4n) is 1.92. The Morgan fingerprint density at radius 3 is 2.83 bits per heavy atom. The number of para-hydroxylation sites is 1. The highest BCUT2D eigenvalue weighted by Crippen LogP contribution is 2.21. The van der Waals surface area contributed by atoms with Crippen molar-refractivity contribution in [2.24, 2.45) is 11.1 Å². The van der Waals surface area contributed by atoms with Gasteiger partial charge < -0.3 is 15.5 Å². The Balaban J connectivity index is 1.87. The van der Waals surface area contributed by atoms with Crippen LogP contribution >= 0.6 is 0 Å². The second kappa shape index (κ2) is 5.55. The average Bonchev–Trinajstić information content (AvgIpc) is 2.78. The van der Waals surface area contributed by atoms with E-state index in [2.05, 4.69) is 25.2 Å². The molecule has 3 nitrogen and oxygen atoms in total. The number of nitrogens with one attached hydrogen (secondary N) is 1. The van der Waals surface area contributed by atoms with Crippen LogP contribution in [0.5, 0.6) is 0 Å². The van der Waals surface area contributed by atoms with Crippen LogP contribution in [0.1, 0.15) is 25.8 Å². The normalized spacial score (nSPS) is 12.2. The summed E-state index contributed by atoms with van der Waals surface area (Å²) < 4.78 is 5.51. The molecule has 0 bridgehead atoms. The summed E-state index contributed by atoms with van der Waals surface area (Å²) in [7, 11) is 0. The zero-order valence-corrected chi connectivity index (χ0v) is 11.2. The van der Waals surface area contributed by atoms with Crippen LogP contribution in [-0.2, 0) is 6.54 Å². The van der Waals surface area contributed by atoms with Crippen LogP contribution in [-0.4, -0.2) is 13.1 Å². The van der Waals surface area contributed by atoms with Gasteiger partial charge in [-0.3, -0.25) is 0 Å². The highest BCUT2D eigenvalue weighted by Gasteiger charge is 2.14. The molecule has 1 heterocycles. The van der Waals surface area contributed by atoms with E-state index in [1.807, 2.05) is 24.5 Å². The van der Waals surface area contributed by atoms with Crippen molar-refractivity contribution in [3.63, 3.8) is 0 Å². The summed E-state index contributed by atoms with van der Waals surface area (Å²) >= 11 is 0. The predicted octanol–water partition coefficient (Wildman–Crippen LogP) is 2.90. The smallest absolute Gasteiger partial charge is 0.134 e. The molecule has 0 aliphatic carbocycles. The SMILES string of the molecule is CC(C)(CN)CCNCc1coc2ccccc12. The van der Waals surface area contributed by atoms with Gasteiger partial charge in [0.15, 0.2) is 0 Å². The van der Waals surface area contributed by atoms with Gasteiger partial charge in [0.1, 0.15) is 5.58 Å². The second-order valence-electron chi connectivity index (χ2n) is 5.55. The van der Waals surface area contributed by atoms with Gasteiger partial charge in [-0.25, -0.2) is 0 Å². The third-order valence-corrected chi connectivity index (χ3v) is 3.41. The van der Waals surface area contributed by atoms with Gasteiger partial charge in [-0.15, -0.1) is 0 Å². The van der Waals surface area contributed by atoms with Gasteiger partial charge in [0, 0.05) is 17.5 Å². The Bertz CT molecular complexity index is 502. The number of rotatable bonds is 6. The van der Waals surface area contributed by atoms with Crippen molar-refractivity contribution in [2.45, 2.75) is 26.8 Å². The lowest BCUT2D eigenvalue weighted by Gasteiger charge is -2.22. The zero-order chi connectivity index (χ0) is 13.0. The molecule has 0 aliphatic heterocycles. The highest BCUT2D eigenvalue weighted by molar-refractivity contribution is 5.80. The van der Waals surface area contributed by atoms with Crippen LogP contribution in [0.2, 0.25) is 0 Å². The first-order chi connectivity index (χ1) is 8.62. The van der Waals surface area contributed by atoms with Gasteiger partial charge in [-0.2, -0.15) is 0 Å². The van der Waals surface area contributed by atoms with Gasteiger partial charge in [0.2, 0.25) is 0 Å². The van der Waals surface area contributed by atoms with E-state index in [0.29, 0.717) is 0 Å². The minimum absolute atomic E-state index is 0.214. The van der Waals surface area contributed by atoms with E-state index in [0.717, 1.165) is 31.6 Å². The average molecular weight is 246 g/mol. The predicted molar refractivity (Wildman–Crippen MR) is 75.4 cm³/mol. The minimum atomic E-state index is 0.214. The van der Waals surface area contributed by atoms with E-state index in [9.17, 15) is 0 Å². The maximum Gasteiger partial charge on any atom is 0.134 e. The van der Waals surface area contributed by atoms with Crippen LogP contribution in [0, 0.1) is 5.41 Å². The summed E-state index contributed by atoms with van der Waals surface area (Å²) in [6.07, 6.45) is 2.92. The van der Waals surface area contributed by atoms with Gasteiger partial charge in [0.05, 0.1) is 6.26 Å². The molecule has 18 heavy (non-hydrogen) atoms. The topological polar surface area (TPSA) is 51.2 Å². The quantitative estimate of drug-likeness (QED) is 0.771. The third kappa shape index (κ3) is 3.12. The molecule has 0 aliphatic rings. The van der Waals surface area contributed by atoms with Crippen molar-refractivity contribution < 1.29 is 4.42 Å². The summed E-state index contributed by atoms with van der Waals surface area (Å²) in [5.41, 5.74) is 8.10. The third-order valence-electron chi connectivity index (χ3n) is 3.41. The lowest BCUT2D eigenvalue weighted by Crippen LogP contribution is -2.28. The molecule has 0 radical (unpaired) electrons. The van der Waals surface area contributed by atoms with E-state index in [1.54, 1.807) is 0 Å². The molecule has 3 N–H and O–H groups in total. The molecule has 0 saturated carbocycles. The molecule has 0 fully saturated rings. The van der Waals surface area contributed by atoms with E-state index >= 15 is 0 Å². The van der Waals surface area contributed by atoms with Crippen molar-refractivity contribution in [1.82, 2.24) is 5.32 Å². The summed E-state index contributed by atoms with van der Waals surface area (Å²) in [6.45, 7) is 6.94. The maximum absolute atomic E-state index is 5.71. The number of fused-ring (bicyclic) bond motifs is 1. The monoisotopic (exact) mass is 246 g/mol. The molecule has 0 saturated heterocycles. The Morgan fingerprint density at radius 2 is 2.06 bits per heavy atom. The van der Waals surface area contributed by atoms with Crippen molar-refractivity contribution in [3.8, 4) is 0 Å².